The minimum absolute atomic E-state index is 0.00523. The van der Waals surface area contributed by atoms with Crippen LogP contribution in [0, 0.1) is 5.92 Å². The molecule has 1 saturated heterocycles. The summed E-state index contributed by atoms with van der Waals surface area (Å²) in [4.78, 5) is 62.7. The summed E-state index contributed by atoms with van der Waals surface area (Å²) >= 11 is 0. The molecule has 2 aromatic rings. The van der Waals surface area contributed by atoms with Crippen LogP contribution in [0.3, 0.4) is 0 Å². The van der Waals surface area contributed by atoms with E-state index in [9.17, 15) is 24.3 Å². The van der Waals surface area contributed by atoms with Crippen molar-refractivity contribution in [3.63, 3.8) is 0 Å². The van der Waals surface area contributed by atoms with Gasteiger partial charge in [0.1, 0.15) is 17.8 Å². The lowest BCUT2D eigenvalue weighted by Gasteiger charge is -2.36. The van der Waals surface area contributed by atoms with Gasteiger partial charge < -0.3 is 29.7 Å². The third kappa shape index (κ3) is 8.64. The van der Waals surface area contributed by atoms with Gasteiger partial charge in [-0.1, -0.05) is 44.2 Å². The van der Waals surface area contributed by atoms with E-state index in [1.807, 2.05) is 44.2 Å². The molecule has 1 aliphatic heterocycles. The first-order valence-corrected chi connectivity index (χ1v) is 14.5. The lowest BCUT2D eigenvalue weighted by atomic mass is 10.1. The molecule has 3 amide bonds. The average molecular weight is 582 g/mol. The van der Waals surface area contributed by atoms with E-state index in [2.05, 4.69) is 15.3 Å². The Morgan fingerprint density at radius 1 is 1.00 bits per heavy atom. The number of hydrogen-bond acceptors (Lipinski definition) is 8. The van der Waals surface area contributed by atoms with E-state index in [4.69, 9.17) is 9.47 Å². The molecule has 0 spiro atoms. The third-order valence-corrected chi connectivity index (χ3v) is 7.20. The van der Waals surface area contributed by atoms with Crippen molar-refractivity contribution in [2.45, 2.75) is 64.5 Å². The molecule has 0 bridgehead atoms. The number of aliphatic carboxylic acids is 1. The van der Waals surface area contributed by atoms with Gasteiger partial charge in [0.05, 0.1) is 6.61 Å². The Balaban J connectivity index is 1.48. The molecule has 0 radical (unpaired) electrons. The number of nitrogens with one attached hydrogen (secondary N) is 1. The quantitative estimate of drug-likeness (QED) is 0.407. The first-order valence-electron chi connectivity index (χ1n) is 14.5. The molecular weight excluding hydrogens is 542 g/mol. The number of ether oxygens (including phenoxy) is 2. The Kier molecular flexibility index (Phi) is 10.7. The summed E-state index contributed by atoms with van der Waals surface area (Å²) in [5, 5.41) is 12.0. The number of carbonyl (C=O) groups excluding carboxylic acids is 3. The molecule has 1 aromatic heterocycles. The molecule has 1 saturated carbocycles. The molecule has 2 heterocycles. The normalized spacial score (nSPS) is 16.3. The molecule has 42 heavy (non-hydrogen) atoms. The molecule has 1 atom stereocenters. The van der Waals surface area contributed by atoms with E-state index >= 15 is 0 Å². The van der Waals surface area contributed by atoms with Crippen LogP contribution in [0.15, 0.2) is 36.4 Å². The summed E-state index contributed by atoms with van der Waals surface area (Å²) in [7, 11) is 0. The molecule has 226 valence electrons. The highest BCUT2D eigenvalue weighted by Gasteiger charge is 2.31. The van der Waals surface area contributed by atoms with E-state index in [0.717, 1.165) is 25.7 Å². The van der Waals surface area contributed by atoms with Crippen molar-refractivity contribution in [3.8, 4) is 17.3 Å². The zero-order valence-corrected chi connectivity index (χ0v) is 24.2. The number of rotatable bonds is 11. The second-order valence-corrected chi connectivity index (χ2v) is 11.0. The highest BCUT2D eigenvalue weighted by atomic mass is 16.6. The Morgan fingerprint density at radius 3 is 2.31 bits per heavy atom. The topological polar surface area (TPSA) is 151 Å². The number of carbonyl (C=O) groups is 4. The fraction of sp³-hybridized carbons (Fsp3) is 0.533. The van der Waals surface area contributed by atoms with Crippen LogP contribution < -0.4 is 10.1 Å². The summed E-state index contributed by atoms with van der Waals surface area (Å²) < 4.78 is 11.4. The van der Waals surface area contributed by atoms with Crippen LogP contribution in [-0.4, -0.2) is 93.7 Å². The van der Waals surface area contributed by atoms with Crippen LogP contribution in [0.25, 0.3) is 11.4 Å². The van der Waals surface area contributed by atoms with Crippen LogP contribution in [0.4, 0.5) is 4.79 Å². The number of amides is 3. The third-order valence-electron chi connectivity index (χ3n) is 7.20. The van der Waals surface area contributed by atoms with Gasteiger partial charge in [-0.3, -0.25) is 14.4 Å². The van der Waals surface area contributed by atoms with Crippen molar-refractivity contribution < 1.29 is 33.8 Å². The summed E-state index contributed by atoms with van der Waals surface area (Å²) in [6, 6.07) is 9.56. The Bertz CT molecular complexity index is 1240. The van der Waals surface area contributed by atoms with E-state index in [1.54, 1.807) is 0 Å². The lowest BCUT2D eigenvalue weighted by molar-refractivity contribution is -0.138. The summed E-state index contributed by atoms with van der Waals surface area (Å²) in [5.74, 6) is -1.34. The van der Waals surface area contributed by atoms with E-state index in [-0.39, 0.29) is 62.6 Å². The maximum absolute atomic E-state index is 13.5. The fourth-order valence-corrected chi connectivity index (χ4v) is 4.91. The summed E-state index contributed by atoms with van der Waals surface area (Å²) in [6.07, 6.45) is 3.10. The molecule has 1 aliphatic carbocycles. The molecule has 0 unspecified atom stereocenters. The Labute approximate surface area is 245 Å². The van der Waals surface area contributed by atoms with Crippen molar-refractivity contribution in [2.75, 3.05) is 32.8 Å². The van der Waals surface area contributed by atoms with Gasteiger partial charge >= 0.3 is 12.1 Å². The first kappa shape index (κ1) is 30.7. The number of piperazine rings is 1. The molecule has 1 aromatic carbocycles. The molecule has 2 N–H and O–H groups in total. The monoisotopic (exact) mass is 581 g/mol. The predicted molar refractivity (Wildman–Crippen MR) is 153 cm³/mol. The van der Waals surface area contributed by atoms with Crippen LogP contribution in [0.1, 0.15) is 62.9 Å². The molecule has 4 rings (SSSR count). The van der Waals surface area contributed by atoms with Crippen LogP contribution in [0.2, 0.25) is 0 Å². The Hall–Kier alpha value is -4.22. The van der Waals surface area contributed by atoms with Gasteiger partial charge in [0.2, 0.25) is 11.8 Å². The maximum atomic E-state index is 13.5. The largest absolute Gasteiger partial charge is 0.481 e. The summed E-state index contributed by atoms with van der Waals surface area (Å²) in [6.45, 7) is 5.22. The van der Waals surface area contributed by atoms with Crippen molar-refractivity contribution in [1.29, 1.82) is 0 Å². The molecule has 2 aliphatic rings. The van der Waals surface area contributed by atoms with Gasteiger partial charge in [0, 0.05) is 44.2 Å². The first-order chi connectivity index (χ1) is 20.2. The second-order valence-electron chi connectivity index (χ2n) is 11.0. The fourth-order valence-electron chi connectivity index (χ4n) is 4.91. The molecular formula is C30H39N5O7. The highest BCUT2D eigenvalue weighted by Crippen LogP contribution is 2.25. The zero-order valence-electron chi connectivity index (χ0n) is 24.2. The van der Waals surface area contributed by atoms with Gasteiger partial charge in [-0.25, -0.2) is 9.78 Å². The number of hydrogen-bond donors (Lipinski definition) is 2. The maximum Gasteiger partial charge on any atom is 0.409 e. The standard InChI is InChI=1S/C30H39N5O7/c1-20(2)19-41-30(40)35-16-14-34(15-17-35)29(39)23(12-13-26(36)37)32-28(38)24-18-25(42-22-10-6-7-11-22)33-27(31-24)21-8-4-3-5-9-21/h3-5,8-9,18,20,22-23H,6-7,10-17,19H2,1-2H3,(H,32,38)(H,36,37)/t23-/m0/s1. The zero-order chi connectivity index (χ0) is 30.1. The number of carboxylic acid groups (broad SMARTS) is 1. The van der Waals surface area contributed by atoms with Crippen LogP contribution in [0.5, 0.6) is 5.88 Å². The van der Waals surface area contributed by atoms with Gasteiger partial charge in [0.15, 0.2) is 5.82 Å². The van der Waals surface area contributed by atoms with Gasteiger partial charge in [-0.15, -0.1) is 0 Å². The van der Waals surface area contributed by atoms with Gasteiger partial charge in [-0.2, -0.15) is 4.98 Å². The molecule has 12 heteroatoms. The number of carboxylic acids is 1. The summed E-state index contributed by atoms with van der Waals surface area (Å²) in [5.41, 5.74) is 0.717. The Morgan fingerprint density at radius 2 is 1.67 bits per heavy atom. The number of nitrogens with zero attached hydrogens (tertiary/aromatic N) is 4. The van der Waals surface area contributed by atoms with Crippen molar-refractivity contribution in [2.24, 2.45) is 5.92 Å². The molecule has 12 nitrogen and oxygen atoms in total. The average Bonchev–Trinajstić information content (AvgIpc) is 3.50. The predicted octanol–water partition coefficient (Wildman–Crippen LogP) is 3.37. The van der Waals surface area contributed by atoms with Gasteiger partial charge in [-0.05, 0) is 38.0 Å². The second kappa shape index (κ2) is 14.6. The molecule has 2 fully saturated rings. The van der Waals surface area contributed by atoms with E-state index in [1.165, 1.54) is 15.9 Å². The van der Waals surface area contributed by atoms with Crippen molar-refractivity contribution in [1.82, 2.24) is 25.1 Å². The van der Waals surface area contributed by atoms with E-state index in [0.29, 0.717) is 18.0 Å². The van der Waals surface area contributed by atoms with E-state index < -0.39 is 29.9 Å². The lowest BCUT2D eigenvalue weighted by Crippen LogP contribution is -2.56. The van der Waals surface area contributed by atoms with Crippen molar-refractivity contribution >= 4 is 23.9 Å². The van der Waals surface area contributed by atoms with Crippen LogP contribution in [-0.2, 0) is 14.3 Å². The minimum Gasteiger partial charge on any atom is -0.481 e. The number of aromatic nitrogens is 2. The minimum atomic E-state index is -1.10. The highest BCUT2D eigenvalue weighted by molar-refractivity contribution is 5.96. The number of benzene rings is 1. The van der Waals surface area contributed by atoms with Crippen molar-refractivity contribution in [3.05, 3.63) is 42.1 Å². The smallest absolute Gasteiger partial charge is 0.409 e. The van der Waals surface area contributed by atoms with Crippen LogP contribution >= 0.6 is 0 Å². The SMILES string of the molecule is CC(C)COC(=O)N1CCN(C(=O)[C@H](CCC(=O)O)NC(=O)c2cc(OC3CCCC3)nc(-c3ccccc3)n2)CC1. The van der Waals surface area contributed by atoms with Gasteiger partial charge in [0.25, 0.3) is 5.91 Å².